The van der Waals surface area contributed by atoms with Crippen LogP contribution in [0.3, 0.4) is 0 Å². The number of hydrogen-bond acceptors (Lipinski definition) is 3. The fraction of sp³-hybridized carbons (Fsp3) is 0.833. The lowest BCUT2D eigenvalue weighted by molar-refractivity contribution is -0.192. The molecule has 0 rings (SSSR count). The van der Waals surface area contributed by atoms with E-state index in [-0.39, 0.29) is 12.3 Å². The smallest absolute Gasteiger partial charge is 0.490 e. The van der Waals surface area contributed by atoms with E-state index in [9.17, 15) is 17.7 Å². The molecule has 0 amide bonds. The lowest BCUT2D eigenvalue weighted by Gasteiger charge is -2.18. The highest BCUT2D eigenvalue weighted by atomic mass is 35.6. The van der Waals surface area contributed by atoms with E-state index in [1.54, 1.807) is 0 Å². The van der Waals surface area contributed by atoms with Crippen molar-refractivity contribution in [3.63, 3.8) is 0 Å². The van der Waals surface area contributed by atoms with E-state index in [1.165, 1.54) is 0 Å². The normalized spacial score (nSPS) is 15.4. The van der Waals surface area contributed by atoms with Gasteiger partial charge in [0, 0.05) is 17.7 Å². The highest BCUT2D eigenvalue weighted by Gasteiger charge is 2.38. The van der Waals surface area contributed by atoms with Crippen LogP contribution in [0.2, 0.25) is 0 Å². The van der Waals surface area contributed by atoms with Gasteiger partial charge in [-0.15, -0.1) is 11.6 Å². The fourth-order valence-electron chi connectivity index (χ4n) is 0.327. The van der Waals surface area contributed by atoms with Crippen molar-refractivity contribution < 1.29 is 27.6 Å². The third-order valence-corrected chi connectivity index (χ3v) is 4.37. The van der Waals surface area contributed by atoms with Crippen molar-refractivity contribution >= 4 is 63.5 Å². The maximum absolute atomic E-state index is 11.0. The van der Waals surface area contributed by atoms with Crippen LogP contribution in [0.4, 0.5) is 13.2 Å². The van der Waals surface area contributed by atoms with Crippen LogP contribution in [0.1, 0.15) is 0 Å². The van der Waals surface area contributed by atoms with Gasteiger partial charge in [-0.1, -0.05) is 0 Å². The fourth-order valence-corrected chi connectivity index (χ4v) is 1.89. The van der Waals surface area contributed by atoms with Gasteiger partial charge in [-0.05, 0) is 34.8 Å². The molecule has 0 aromatic heterocycles. The summed E-state index contributed by atoms with van der Waals surface area (Å²) in [6.07, 6.45) is -5.08. The molecule has 0 saturated carbocycles. The summed E-state index contributed by atoms with van der Waals surface area (Å²) in [5.74, 6) is -2.67. The van der Waals surface area contributed by atoms with Crippen LogP contribution in [0, 0.1) is 0 Å². The number of halogens is 7. The highest BCUT2D eigenvalue weighted by molar-refractivity contribution is 7.97. The summed E-state index contributed by atoms with van der Waals surface area (Å²) < 4.78 is 41.0. The third kappa shape index (κ3) is 11.8. The third-order valence-electron chi connectivity index (χ3n) is 1.09. The Balaban J connectivity index is 0. The standard InChI is InChI=1S/C4H7Cl4NOS.C2HF3O2/c5-3(1-9)2-11(10)4(6,7)8;3-2(4,5)1(6)7/h3H,1-2,9H2;(H,6,7). The lowest BCUT2D eigenvalue weighted by atomic mass is 10.5. The number of rotatable bonds is 3. The van der Waals surface area contributed by atoms with E-state index in [4.69, 9.17) is 62.0 Å². The molecule has 0 aliphatic carbocycles. The van der Waals surface area contributed by atoms with Crippen LogP contribution in [0.5, 0.6) is 0 Å². The zero-order valence-electron chi connectivity index (χ0n) is 8.39. The topological polar surface area (TPSA) is 86.4 Å². The first-order chi connectivity index (χ1) is 7.82. The molecule has 0 aromatic carbocycles. The van der Waals surface area contributed by atoms with Gasteiger partial charge in [0.25, 0.3) is 0 Å². The molecule has 18 heavy (non-hydrogen) atoms. The van der Waals surface area contributed by atoms with Gasteiger partial charge >= 0.3 is 15.3 Å². The molecular weight excluding hydrogens is 365 g/mol. The van der Waals surface area contributed by atoms with Crippen LogP contribution >= 0.6 is 46.4 Å². The molecule has 3 N–H and O–H groups in total. The van der Waals surface area contributed by atoms with Crippen molar-refractivity contribution in [3.05, 3.63) is 0 Å². The zero-order chi connectivity index (χ0) is 15.1. The average molecular weight is 373 g/mol. The molecule has 0 aromatic rings. The SMILES string of the molecule is NCC(Cl)C[S+]([O-])C(Cl)(Cl)Cl.O=C(O)C(F)(F)F. The minimum Gasteiger partial charge on any atom is -0.613 e. The number of carbonyl (C=O) groups is 1. The first-order valence-corrected chi connectivity index (χ1v) is 6.80. The maximum atomic E-state index is 11.0. The quantitative estimate of drug-likeness (QED) is 0.587. The van der Waals surface area contributed by atoms with Crippen LogP contribution in [0.25, 0.3) is 0 Å². The van der Waals surface area contributed by atoms with Gasteiger partial charge in [0.2, 0.25) is 0 Å². The summed E-state index contributed by atoms with van der Waals surface area (Å²) in [5.41, 5.74) is 5.17. The van der Waals surface area contributed by atoms with E-state index in [0.717, 1.165) is 0 Å². The molecule has 0 aliphatic heterocycles. The van der Waals surface area contributed by atoms with E-state index >= 15 is 0 Å². The Hall–Kier alpha value is 0.690. The Morgan fingerprint density at radius 3 is 1.89 bits per heavy atom. The number of carboxylic acids is 1. The van der Waals surface area contributed by atoms with Crippen molar-refractivity contribution in [2.45, 2.75) is 14.7 Å². The minimum absolute atomic E-state index is 0.0918. The molecule has 0 heterocycles. The highest BCUT2D eigenvalue weighted by Crippen LogP contribution is 2.33. The summed E-state index contributed by atoms with van der Waals surface area (Å²) in [6, 6.07) is 0. The molecule has 0 fully saturated rings. The van der Waals surface area contributed by atoms with Crippen molar-refractivity contribution in [1.29, 1.82) is 0 Å². The molecular formula is C6H8Cl4F3NO3S. The Kier molecular flexibility index (Phi) is 10.2. The zero-order valence-corrected chi connectivity index (χ0v) is 12.2. The van der Waals surface area contributed by atoms with Crippen molar-refractivity contribution in [2.24, 2.45) is 5.73 Å². The number of hydrogen-bond donors (Lipinski definition) is 2. The Morgan fingerprint density at radius 2 is 1.72 bits per heavy atom. The Bertz CT molecular complexity index is 263. The van der Waals surface area contributed by atoms with Gasteiger partial charge in [0.05, 0.1) is 5.38 Å². The minimum atomic E-state index is -5.08. The van der Waals surface area contributed by atoms with Crippen molar-refractivity contribution in [2.75, 3.05) is 12.3 Å². The van der Waals surface area contributed by atoms with Crippen LogP contribution < -0.4 is 5.73 Å². The summed E-state index contributed by atoms with van der Waals surface area (Å²) in [4.78, 5) is 8.90. The van der Waals surface area contributed by atoms with E-state index in [2.05, 4.69) is 0 Å². The largest absolute Gasteiger partial charge is 0.613 e. The molecule has 12 heteroatoms. The molecule has 4 nitrogen and oxygen atoms in total. The molecule has 2 atom stereocenters. The summed E-state index contributed by atoms with van der Waals surface area (Å²) >= 11 is 19.9. The van der Waals surface area contributed by atoms with Gasteiger partial charge < -0.3 is 15.4 Å². The Morgan fingerprint density at radius 1 is 1.39 bits per heavy atom. The monoisotopic (exact) mass is 371 g/mol. The summed E-state index contributed by atoms with van der Waals surface area (Å²) in [7, 11) is 0. The number of carboxylic acid groups (broad SMARTS) is 1. The van der Waals surface area contributed by atoms with Crippen LogP contribution in [-0.2, 0) is 16.0 Å². The molecule has 0 aliphatic rings. The lowest BCUT2D eigenvalue weighted by Crippen LogP contribution is -2.31. The van der Waals surface area contributed by atoms with Gasteiger partial charge in [0.1, 0.15) is 5.75 Å². The molecule has 0 saturated heterocycles. The average Bonchev–Trinajstić information content (AvgIpc) is 2.15. The first-order valence-electron chi connectivity index (χ1n) is 3.91. The van der Waals surface area contributed by atoms with Crippen molar-refractivity contribution in [1.82, 2.24) is 0 Å². The number of aliphatic carboxylic acids is 1. The molecule has 0 spiro atoms. The molecule has 0 radical (unpaired) electrons. The second-order valence-electron chi connectivity index (χ2n) is 2.59. The van der Waals surface area contributed by atoms with Gasteiger partial charge in [-0.3, -0.25) is 0 Å². The van der Waals surface area contributed by atoms with E-state index < -0.39 is 31.8 Å². The predicted octanol–water partition coefficient (Wildman–Crippen LogP) is 2.26. The van der Waals surface area contributed by atoms with Crippen LogP contribution in [0.15, 0.2) is 0 Å². The van der Waals surface area contributed by atoms with E-state index in [1.807, 2.05) is 0 Å². The maximum Gasteiger partial charge on any atom is 0.490 e. The van der Waals surface area contributed by atoms with Crippen molar-refractivity contribution in [3.8, 4) is 0 Å². The van der Waals surface area contributed by atoms with Gasteiger partial charge in [-0.2, -0.15) is 13.2 Å². The number of alkyl halides is 7. The summed E-state index contributed by atoms with van der Waals surface area (Å²) in [6.45, 7) is 0.216. The second kappa shape index (κ2) is 8.78. The Labute approximate surface area is 124 Å². The second-order valence-corrected chi connectivity index (χ2v) is 7.80. The molecule has 110 valence electrons. The van der Waals surface area contributed by atoms with E-state index in [0.29, 0.717) is 0 Å². The first kappa shape index (κ1) is 21.0. The van der Waals surface area contributed by atoms with Gasteiger partial charge in [0.15, 0.2) is 0 Å². The summed E-state index contributed by atoms with van der Waals surface area (Å²) in [5, 5.41) is 6.71. The molecule has 2 unspecified atom stereocenters. The molecule has 0 bridgehead atoms. The number of nitrogens with two attached hydrogens (primary N) is 1. The predicted molar refractivity (Wildman–Crippen MR) is 65.7 cm³/mol. The van der Waals surface area contributed by atoms with Crippen LogP contribution in [-0.4, -0.2) is 42.6 Å². The van der Waals surface area contributed by atoms with Gasteiger partial charge in [-0.25, -0.2) is 4.79 Å².